The number of hydrogen-bond acceptors (Lipinski definition) is 7. The van der Waals surface area contributed by atoms with Crippen LogP contribution in [-0.2, 0) is 13.0 Å². The molecule has 3 aromatic rings. The molecule has 1 aromatic carbocycles. The summed E-state index contributed by atoms with van der Waals surface area (Å²) in [6.07, 6.45) is 2.55. The highest BCUT2D eigenvalue weighted by Crippen LogP contribution is 2.38. The first-order valence-corrected chi connectivity index (χ1v) is 10.0. The van der Waals surface area contributed by atoms with Crippen LogP contribution in [0, 0.1) is 0 Å². The van der Waals surface area contributed by atoms with Crippen LogP contribution in [0.5, 0.6) is 11.5 Å². The van der Waals surface area contributed by atoms with Crippen LogP contribution in [0.15, 0.2) is 23.0 Å². The Morgan fingerprint density at radius 3 is 3.00 bits per heavy atom. The van der Waals surface area contributed by atoms with Crippen LogP contribution in [0.3, 0.4) is 0 Å². The molecule has 0 radical (unpaired) electrons. The van der Waals surface area contributed by atoms with Crippen LogP contribution < -0.4 is 20.3 Å². The number of benzene rings is 1. The van der Waals surface area contributed by atoms with Gasteiger partial charge in [-0.25, -0.2) is 4.98 Å². The Hall–Kier alpha value is -2.32. The first-order valence-electron chi connectivity index (χ1n) is 8.85. The van der Waals surface area contributed by atoms with E-state index in [0.717, 1.165) is 30.5 Å². The summed E-state index contributed by atoms with van der Waals surface area (Å²) in [4.78, 5) is 17.3. The summed E-state index contributed by atoms with van der Waals surface area (Å²) in [6.45, 7) is 3.75. The fraction of sp³-hybridized carbons (Fsp3) is 0.389. The zero-order valence-electron chi connectivity index (χ0n) is 14.8. The third-order valence-corrected chi connectivity index (χ3v) is 5.26. The molecule has 142 valence electrons. The predicted octanol–water partition coefficient (Wildman–Crippen LogP) is 3.53. The summed E-state index contributed by atoms with van der Waals surface area (Å²) in [5.41, 5.74) is 1.58. The van der Waals surface area contributed by atoms with E-state index in [1.807, 2.05) is 12.1 Å². The number of hydrogen-bond donors (Lipinski definition) is 1. The minimum absolute atomic E-state index is 0.161. The average Bonchev–Trinajstić information content (AvgIpc) is 2.90. The van der Waals surface area contributed by atoms with Gasteiger partial charge in [-0.05, 0) is 24.1 Å². The molecule has 2 aromatic heterocycles. The molecule has 0 saturated carbocycles. The minimum atomic E-state index is -0.161. The number of ether oxygens (including phenoxy) is 2. The number of nitrogens with one attached hydrogen (secondary N) is 1. The molecule has 0 bridgehead atoms. The molecular weight excluding hydrogens is 388 g/mol. The number of halogens is 1. The molecule has 0 amide bonds. The minimum Gasteiger partial charge on any atom is -0.489 e. The van der Waals surface area contributed by atoms with Gasteiger partial charge >= 0.3 is 0 Å². The van der Waals surface area contributed by atoms with Gasteiger partial charge in [-0.1, -0.05) is 36.3 Å². The topological polar surface area (TPSA) is 77.8 Å². The third kappa shape index (κ3) is 3.86. The Morgan fingerprint density at radius 1 is 1.30 bits per heavy atom. The van der Waals surface area contributed by atoms with Gasteiger partial charge in [0.15, 0.2) is 11.5 Å². The molecular formula is C18H19ClN4O3S. The fourth-order valence-electron chi connectivity index (χ4n) is 2.88. The lowest BCUT2D eigenvalue weighted by Gasteiger charge is -2.11. The van der Waals surface area contributed by atoms with Crippen LogP contribution in [0.2, 0.25) is 5.02 Å². The molecule has 0 aliphatic carbocycles. The molecule has 4 rings (SSSR count). The third-order valence-electron chi connectivity index (χ3n) is 4.11. The van der Waals surface area contributed by atoms with E-state index >= 15 is 0 Å². The van der Waals surface area contributed by atoms with Crippen LogP contribution in [0.1, 0.15) is 31.0 Å². The van der Waals surface area contributed by atoms with Crippen molar-refractivity contribution < 1.29 is 9.47 Å². The van der Waals surface area contributed by atoms with Gasteiger partial charge in [-0.15, -0.1) is 5.10 Å². The van der Waals surface area contributed by atoms with Crippen molar-refractivity contribution in [3.63, 3.8) is 0 Å². The van der Waals surface area contributed by atoms with E-state index in [1.165, 1.54) is 15.9 Å². The summed E-state index contributed by atoms with van der Waals surface area (Å²) in [5, 5.41) is 8.69. The molecule has 0 unspecified atom stereocenters. The highest BCUT2D eigenvalue weighted by Gasteiger charge is 2.16. The zero-order chi connectivity index (χ0) is 18.8. The van der Waals surface area contributed by atoms with Crippen molar-refractivity contribution >= 4 is 33.0 Å². The van der Waals surface area contributed by atoms with E-state index in [0.29, 0.717) is 46.4 Å². The SMILES string of the molecule is CCCc1cc(=O)n2nc(NCc3cc(Cl)c4c(c3)OCCCO4)sc2n1. The van der Waals surface area contributed by atoms with Crippen LogP contribution in [0.4, 0.5) is 5.13 Å². The summed E-state index contributed by atoms with van der Waals surface area (Å²) < 4.78 is 12.7. The molecule has 3 heterocycles. The molecule has 0 fully saturated rings. The fourth-order valence-corrected chi connectivity index (χ4v) is 3.98. The van der Waals surface area contributed by atoms with E-state index in [-0.39, 0.29) is 5.56 Å². The first kappa shape index (κ1) is 18.1. The van der Waals surface area contributed by atoms with E-state index in [9.17, 15) is 4.79 Å². The van der Waals surface area contributed by atoms with Gasteiger partial charge in [0.1, 0.15) is 0 Å². The Bertz CT molecular complexity index is 1030. The maximum atomic E-state index is 12.2. The standard InChI is InChI=1S/C18H19ClN4O3S/c1-2-4-12-9-15(24)23-18(21-12)27-17(22-23)20-10-11-7-13(19)16-14(8-11)25-5-3-6-26-16/h7-9H,2-6,10H2,1H3,(H,20,22). The van der Waals surface area contributed by atoms with E-state index < -0.39 is 0 Å². The number of rotatable bonds is 5. The molecule has 7 nitrogen and oxygen atoms in total. The number of aromatic nitrogens is 3. The normalized spacial score (nSPS) is 13.6. The van der Waals surface area contributed by atoms with Crippen LogP contribution >= 0.6 is 22.9 Å². The lowest BCUT2D eigenvalue weighted by molar-refractivity contribution is 0.297. The highest BCUT2D eigenvalue weighted by atomic mass is 35.5. The van der Waals surface area contributed by atoms with Crippen molar-refractivity contribution in [2.75, 3.05) is 18.5 Å². The number of fused-ring (bicyclic) bond motifs is 2. The van der Waals surface area contributed by atoms with E-state index in [1.54, 1.807) is 6.07 Å². The van der Waals surface area contributed by atoms with E-state index in [2.05, 4.69) is 22.3 Å². The molecule has 1 aliphatic rings. The summed E-state index contributed by atoms with van der Waals surface area (Å²) in [7, 11) is 0. The summed E-state index contributed by atoms with van der Waals surface area (Å²) in [5.74, 6) is 1.25. The second kappa shape index (κ2) is 7.74. The zero-order valence-corrected chi connectivity index (χ0v) is 16.4. The maximum absolute atomic E-state index is 12.2. The molecule has 0 atom stereocenters. The van der Waals surface area contributed by atoms with Crippen molar-refractivity contribution in [1.82, 2.24) is 14.6 Å². The number of aryl methyl sites for hydroxylation is 1. The molecule has 1 N–H and O–H groups in total. The van der Waals surface area contributed by atoms with Crippen LogP contribution in [-0.4, -0.2) is 27.8 Å². The molecule has 0 spiro atoms. The second-order valence-electron chi connectivity index (χ2n) is 6.25. The Kier molecular flexibility index (Phi) is 5.18. The second-order valence-corrected chi connectivity index (χ2v) is 7.61. The van der Waals surface area contributed by atoms with Gasteiger partial charge in [0.2, 0.25) is 10.1 Å². The van der Waals surface area contributed by atoms with Crippen molar-refractivity contribution in [3.8, 4) is 11.5 Å². The Labute approximate surface area is 164 Å². The maximum Gasteiger partial charge on any atom is 0.275 e. The molecule has 1 aliphatic heterocycles. The Balaban J connectivity index is 1.55. The van der Waals surface area contributed by atoms with Crippen molar-refractivity contribution in [2.45, 2.75) is 32.7 Å². The Morgan fingerprint density at radius 2 is 2.15 bits per heavy atom. The van der Waals surface area contributed by atoms with Gasteiger partial charge in [0, 0.05) is 24.7 Å². The molecule has 0 saturated heterocycles. The summed E-state index contributed by atoms with van der Waals surface area (Å²) in [6, 6.07) is 5.30. The van der Waals surface area contributed by atoms with Gasteiger partial charge in [0.25, 0.3) is 5.56 Å². The number of anilines is 1. The summed E-state index contributed by atoms with van der Waals surface area (Å²) >= 11 is 7.68. The van der Waals surface area contributed by atoms with Gasteiger partial charge in [0.05, 0.1) is 18.2 Å². The highest BCUT2D eigenvalue weighted by molar-refractivity contribution is 7.20. The van der Waals surface area contributed by atoms with Gasteiger partial charge in [-0.2, -0.15) is 4.52 Å². The lowest BCUT2D eigenvalue weighted by atomic mass is 10.2. The van der Waals surface area contributed by atoms with Crippen molar-refractivity contribution in [3.05, 3.63) is 44.8 Å². The van der Waals surface area contributed by atoms with Crippen LogP contribution in [0.25, 0.3) is 4.96 Å². The largest absolute Gasteiger partial charge is 0.489 e. The quantitative estimate of drug-likeness (QED) is 0.698. The van der Waals surface area contributed by atoms with Gasteiger partial charge < -0.3 is 14.8 Å². The smallest absolute Gasteiger partial charge is 0.275 e. The monoisotopic (exact) mass is 406 g/mol. The van der Waals surface area contributed by atoms with Crippen molar-refractivity contribution in [2.24, 2.45) is 0 Å². The predicted molar refractivity (Wildman–Crippen MR) is 106 cm³/mol. The van der Waals surface area contributed by atoms with E-state index in [4.69, 9.17) is 21.1 Å². The average molecular weight is 407 g/mol. The van der Waals surface area contributed by atoms with Gasteiger partial charge in [-0.3, -0.25) is 4.79 Å². The lowest BCUT2D eigenvalue weighted by Crippen LogP contribution is -2.15. The molecule has 9 heteroatoms. The molecule has 27 heavy (non-hydrogen) atoms. The number of nitrogens with zero attached hydrogens (tertiary/aromatic N) is 3. The first-order chi connectivity index (χ1) is 13.1. The van der Waals surface area contributed by atoms with Crippen molar-refractivity contribution in [1.29, 1.82) is 0 Å².